The zero-order valence-electron chi connectivity index (χ0n) is 17.9. The average Bonchev–Trinajstić information content (AvgIpc) is 3.30. The highest BCUT2D eigenvalue weighted by Gasteiger charge is 2.08. The molecule has 1 aromatic heterocycles. The number of allylic oxidation sites excluding steroid dienone is 1. The lowest BCUT2D eigenvalue weighted by atomic mass is 10.1. The highest BCUT2D eigenvalue weighted by Crippen LogP contribution is 2.18. The van der Waals surface area contributed by atoms with Crippen LogP contribution in [0.4, 0.5) is 5.69 Å². The molecular weight excluding hydrogens is 500 g/mol. The van der Waals surface area contributed by atoms with E-state index in [0.29, 0.717) is 23.6 Å². The standard InChI is InChI=1S/C25H19BrN4O4/c26-24-4-2-1-3-20(24)15-29-16-21(27-28-29)17-34-23-12-5-18(6-13-23)7-14-25(31)19-8-10-22(11-9-19)30(32)33/h1-14,16H,15,17H2/b14-7+. The third-order valence-corrected chi connectivity index (χ3v) is 5.71. The maximum absolute atomic E-state index is 12.3. The molecule has 0 radical (unpaired) electrons. The number of carbonyl (C=O) groups is 1. The van der Waals surface area contributed by atoms with Gasteiger partial charge in [-0.2, -0.15) is 0 Å². The zero-order valence-corrected chi connectivity index (χ0v) is 19.5. The molecule has 4 rings (SSSR count). The minimum absolute atomic E-state index is 0.0528. The second-order valence-electron chi connectivity index (χ2n) is 7.36. The molecular formula is C25H19BrN4O4. The minimum atomic E-state index is -0.500. The van der Waals surface area contributed by atoms with Crippen LogP contribution in [0.3, 0.4) is 0 Å². The topological polar surface area (TPSA) is 100 Å². The summed E-state index contributed by atoms with van der Waals surface area (Å²) in [4.78, 5) is 22.5. The summed E-state index contributed by atoms with van der Waals surface area (Å²) >= 11 is 3.53. The highest BCUT2D eigenvalue weighted by atomic mass is 79.9. The number of ether oxygens (including phenoxy) is 1. The van der Waals surface area contributed by atoms with Crippen LogP contribution < -0.4 is 4.74 Å². The first-order valence-electron chi connectivity index (χ1n) is 10.3. The van der Waals surface area contributed by atoms with Crippen LogP contribution >= 0.6 is 15.9 Å². The zero-order chi connectivity index (χ0) is 23.9. The molecule has 0 atom stereocenters. The molecule has 34 heavy (non-hydrogen) atoms. The molecule has 0 aliphatic carbocycles. The monoisotopic (exact) mass is 518 g/mol. The molecule has 8 nitrogen and oxygen atoms in total. The van der Waals surface area contributed by atoms with Crippen LogP contribution in [0.1, 0.15) is 27.2 Å². The molecule has 0 saturated carbocycles. The van der Waals surface area contributed by atoms with Gasteiger partial charge >= 0.3 is 0 Å². The second-order valence-corrected chi connectivity index (χ2v) is 8.21. The van der Waals surface area contributed by atoms with Crippen molar-refractivity contribution in [3.63, 3.8) is 0 Å². The third-order valence-electron chi connectivity index (χ3n) is 4.93. The summed E-state index contributed by atoms with van der Waals surface area (Å²) in [5, 5.41) is 19.0. The van der Waals surface area contributed by atoms with Crippen molar-refractivity contribution in [2.45, 2.75) is 13.2 Å². The number of hydrogen-bond donors (Lipinski definition) is 0. The number of nitrogens with zero attached hydrogens (tertiary/aromatic N) is 4. The first-order chi connectivity index (χ1) is 16.5. The fourth-order valence-electron chi connectivity index (χ4n) is 3.13. The van der Waals surface area contributed by atoms with Gasteiger partial charge in [-0.3, -0.25) is 14.9 Å². The molecule has 3 aromatic carbocycles. The Morgan fingerprint density at radius 1 is 1.06 bits per heavy atom. The number of aromatic nitrogens is 3. The van der Waals surface area contributed by atoms with Crippen molar-refractivity contribution >= 4 is 33.5 Å². The van der Waals surface area contributed by atoms with Crippen molar-refractivity contribution in [2.75, 3.05) is 0 Å². The molecule has 4 aromatic rings. The fourth-order valence-corrected chi connectivity index (χ4v) is 3.54. The summed E-state index contributed by atoms with van der Waals surface area (Å²) in [6.45, 7) is 0.887. The number of benzene rings is 3. The van der Waals surface area contributed by atoms with E-state index < -0.39 is 4.92 Å². The molecule has 0 aliphatic rings. The summed E-state index contributed by atoms with van der Waals surface area (Å²) in [6, 6.07) is 20.7. The van der Waals surface area contributed by atoms with E-state index in [1.165, 1.54) is 30.3 Å². The molecule has 9 heteroatoms. The average molecular weight is 519 g/mol. The van der Waals surface area contributed by atoms with Crippen molar-refractivity contribution in [3.05, 3.63) is 122 Å². The molecule has 1 heterocycles. The van der Waals surface area contributed by atoms with Crippen LogP contribution in [0.5, 0.6) is 5.75 Å². The predicted molar refractivity (Wildman–Crippen MR) is 131 cm³/mol. The van der Waals surface area contributed by atoms with Crippen LogP contribution in [-0.4, -0.2) is 25.7 Å². The van der Waals surface area contributed by atoms with E-state index in [1.54, 1.807) is 10.8 Å². The molecule has 0 aliphatic heterocycles. The second kappa shape index (κ2) is 10.7. The molecule has 0 fully saturated rings. The summed E-state index contributed by atoms with van der Waals surface area (Å²) in [7, 11) is 0. The molecule has 0 spiro atoms. The molecule has 0 bridgehead atoms. The van der Waals surface area contributed by atoms with Gasteiger partial charge in [-0.1, -0.05) is 57.6 Å². The molecule has 0 N–H and O–H groups in total. The largest absolute Gasteiger partial charge is 0.487 e. The van der Waals surface area contributed by atoms with Gasteiger partial charge in [-0.05, 0) is 47.5 Å². The van der Waals surface area contributed by atoms with E-state index in [0.717, 1.165) is 15.6 Å². The number of nitro groups is 1. The van der Waals surface area contributed by atoms with E-state index in [-0.39, 0.29) is 18.1 Å². The molecule has 0 amide bonds. The minimum Gasteiger partial charge on any atom is -0.487 e. The van der Waals surface area contributed by atoms with E-state index in [4.69, 9.17) is 4.74 Å². The van der Waals surface area contributed by atoms with Crippen LogP contribution in [-0.2, 0) is 13.2 Å². The summed E-state index contributed by atoms with van der Waals surface area (Å²) < 4.78 is 8.57. The number of carbonyl (C=O) groups excluding carboxylic acids is 1. The van der Waals surface area contributed by atoms with Crippen molar-refractivity contribution in [1.82, 2.24) is 15.0 Å². The Hall–Kier alpha value is -4.11. The first-order valence-corrected chi connectivity index (χ1v) is 11.1. The van der Waals surface area contributed by atoms with Gasteiger partial charge in [0.2, 0.25) is 0 Å². The van der Waals surface area contributed by atoms with Crippen LogP contribution in [0.15, 0.2) is 89.5 Å². The van der Waals surface area contributed by atoms with Gasteiger partial charge in [0.25, 0.3) is 5.69 Å². The first kappa shape index (κ1) is 23.1. The lowest BCUT2D eigenvalue weighted by Gasteiger charge is -2.04. The van der Waals surface area contributed by atoms with E-state index >= 15 is 0 Å². The van der Waals surface area contributed by atoms with Crippen LogP contribution in [0, 0.1) is 10.1 Å². The Morgan fingerprint density at radius 3 is 2.50 bits per heavy atom. The van der Waals surface area contributed by atoms with Gasteiger partial charge in [0.05, 0.1) is 17.7 Å². The Balaban J connectivity index is 1.30. The van der Waals surface area contributed by atoms with Crippen LogP contribution in [0.25, 0.3) is 6.08 Å². The number of rotatable bonds is 9. The summed E-state index contributed by atoms with van der Waals surface area (Å²) in [6.07, 6.45) is 4.96. The van der Waals surface area contributed by atoms with Gasteiger partial charge in [0.1, 0.15) is 18.1 Å². The Kier molecular flexibility index (Phi) is 7.24. The lowest BCUT2D eigenvalue weighted by Crippen LogP contribution is -2.01. The van der Waals surface area contributed by atoms with Gasteiger partial charge < -0.3 is 4.74 Å². The SMILES string of the molecule is O=C(/C=C/c1ccc(OCc2cn(Cc3ccccc3Br)nn2)cc1)c1ccc([N+](=O)[O-])cc1. The van der Waals surface area contributed by atoms with Crippen LogP contribution in [0.2, 0.25) is 0 Å². The van der Waals surface area contributed by atoms with Crippen molar-refractivity contribution in [3.8, 4) is 5.75 Å². The van der Waals surface area contributed by atoms with Gasteiger partial charge in [-0.15, -0.1) is 5.10 Å². The van der Waals surface area contributed by atoms with Crippen molar-refractivity contribution < 1.29 is 14.5 Å². The van der Waals surface area contributed by atoms with Gasteiger partial charge in [-0.25, -0.2) is 4.68 Å². The quantitative estimate of drug-likeness (QED) is 0.126. The van der Waals surface area contributed by atoms with E-state index in [1.807, 2.05) is 54.7 Å². The summed E-state index contributed by atoms with van der Waals surface area (Å²) in [5.41, 5.74) is 2.97. The van der Waals surface area contributed by atoms with Crippen molar-refractivity contribution in [1.29, 1.82) is 0 Å². The fraction of sp³-hybridized carbons (Fsp3) is 0.0800. The Labute approximate surface area is 203 Å². The van der Waals surface area contributed by atoms with Gasteiger partial charge in [0.15, 0.2) is 5.78 Å². The number of hydrogen-bond acceptors (Lipinski definition) is 6. The number of ketones is 1. The Morgan fingerprint density at radius 2 is 1.79 bits per heavy atom. The lowest BCUT2D eigenvalue weighted by molar-refractivity contribution is -0.384. The smallest absolute Gasteiger partial charge is 0.269 e. The molecule has 170 valence electrons. The Bertz CT molecular complexity index is 1330. The highest BCUT2D eigenvalue weighted by molar-refractivity contribution is 9.10. The molecule has 0 saturated heterocycles. The predicted octanol–water partition coefficient (Wildman–Crippen LogP) is 5.47. The number of halogens is 1. The third kappa shape index (κ3) is 6.02. The number of nitro benzene ring substituents is 1. The van der Waals surface area contributed by atoms with E-state index in [2.05, 4.69) is 26.2 Å². The molecule has 0 unspecified atom stereocenters. The van der Waals surface area contributed by atoms with Gasteiger partial charge in [0, 0.05) is 22.2 Å². The maximum atomic E-state index is 12.3. The maximum Gasteiger partial charge on any atom is 0.269 e. The van der Waals surface area contributed by atoms with Crippen molar-refractivity contribution in [2.24, 2.45) is 0 Å². The normalized spacial score (nSPS) is 11.0. The van der Waals surface area contributed by atoms with E-state index in [9.17, 15) is 14.9 Å². The number of non-ortho nitro benzene ring substituents is 1. The summed E-state index contributed by atoms with van der Waals surface area (Å²) in [5.74, 6) is 0.431.